The molecule has 0 saturated heterocycles. The van der Waals surface area contributed by atoms with Gasteiger partial charge in [0.2, 0.25) is 0 Å². The van der Waals surface area contributed by atoms with Gasteiger partial charge >= 0.3 is 0 Å². The van der Waals surface area contributed by atoms with Gasteiger partial charge < -0.3 is 4.74 Å². The van der Waals surface area contributed by atoms with Gasteiger partial charge in [0.25, 0.3) is 0 Å². The van der Waals surface area contributed by atoms with Crippen LogP contribution in [0, 0.1) is 0 Å². The average molecular weight is 243 g/mol. The minimum absolute atomic E-state index is 0.0113. The fraction of sp³-hybridized carbons (Fsp3) is 0.600. The quantitative estimate of drug-likeness (QED) is 0.631. The summed E-state index contributed by atoms with van der Waals surface area (Å²) in [5, 5.41) is 1.69. The number of hydrogen-bond donors (Lipinski definition) is 0. The van der Waals surface area contributed by atoms with Crippen LogP contribution < -0.4 is 0 Å². The maximum absolute atomic E-state index is 5.73. The molecule has 0 saturated carbocycles. The Bertz CT molecular complexity index is 248. The van der Waals surface area contributed by atoms with Crippen molar-refractivity contribution in [3.8, 4) is 0 Å². The molecule has 0 aromatic heterocycles. The van der Waals surface area contributed by atoms with Crippen molar-refractivity contribution in [1.82, 2.24) is 0 Å². The highest BCUT2D eigenvalue weighted by Crippen LogP contribution is 2.23. The second-order valence-corrected chi connectivity index (χ2v) is 25.6. The topological polar surface area (TPSA) is 9.23 Å². The van der Waals surface area contributed by atoms with Crippen LogP contribution in [-0.4, -0.2) is 38.8 Å². The molecule has 0 aliphatic heterocycles. The zero-order chi connectivity index (χ0) is 10.6. The highest BCUT2D eigenvalue weighted by atomic mass is 29.5. The first kappa shape index (κ1) is 12.2. The van der Waals surface area contributed by atoms with Gasteiger partial charge in [-0.2, -0.15) is 0 Å². The van der Waals surface area contributed by atoms with Crippen LogP contribution in [0.5, 0.6) is 0 Å². The van der Waals surface area contributed by atoms with E-state index in [-0.39, 0.29) is 22.5 Å². The molecule has 0 N–H and O–H groups in total. The first-order chi connectivity index (χ1) is 6.56. The molecule has 1 aliphatic rings. The van der Waals surface area contributed by atoms with Crippen molar-refractivity contribution in [1.29, 1.82) is 0 Å². The summed E-state index contributed by atoms with van der Waals surface area (Å²) in [7, 11) is 1.46. The van der Waals surface area contributed by atoms with Crippen molar-refractivity contribution in [3.63, 3.8) is 0 Å². The Labute approximate surface area is 94.1 Å². The lowest BCUT2D eigenvalue weighted by Gasteiger charge is -2.28. The summed E-state index contributed by atoms with van der Waals surface area (Å²) >= 11 is 0. The lowest BCUT2D eigenvalue weighted by Crippen LogP contribution is -2.29. The molecular formula is C10H22OSi3. The molecule has 0 bridgehead atoms. The van der Waals surface area contributed by atoms with E-state index < -0.39 is 0 Å². The molecule has 1 rings (SSSR count). The standard InChI is InChI=1S/C10H22OSi3/c1-4-11-10(2)7-5-9(6-8-10)13-14(3)12/h5-7,14H,4,8,13H2,1-3,12H3. The first-order valence-corrected chi connectivity index (χ1v) is 15.3. The predicted octanol–water partition coefficient (Wildman–Crippen LogP) is 0.00990. The van der Waals surface area contributed by atoms with E-state index in [2.05, 4.69) is 38.6 Å². The average Bonchev–Trinajstić information content (AvgIpc) is 2.09. The molecule has 1 nitrogen and oxygen atoms in total. The fourth-order valence-electron chi connectivity index (χ4n) is 1.81. The summed E-state index contributed by atoms with van der Waals surface area (Å²) < 4.78 is 5.73. The molecule has 0 amide bonds. The number of rotatable bonds is 4. The van der Waals surface area contributed by atoms with Gasteiger partial charge in [0.1, 0.15) is 0 Å². The van der Waals surface area contributed by atoms with E-state index in [0.29, 0.717) is 0 Å². The van der Waals surface area contributed by atoms with Crippen LogP contribution in [0.15, 0.2) is 23.4 Å². The molecule has 2 atom stereocenters. The Balaban J connectivity index is 2.52. The molecule has 0 spiro atoms. The molecule has 0 aromatic carbocycles. The molecule has 2 unspecified atom stereocenters. The van der Waals surface area contributed by atoms with Crippen LogP contribution in [0.25, 0.3) is 0 Å². The number of ether oxygens (including phenoxy) is 1. The van der Waals surface area contributed by atoms with Crippen LogP contribution in [0.4, 0.5) is 0 Å². The Morgan fingerprint density at radius 1 is 1.71 bits per heavy atom. The highest BCUT2D eigenvalue weighted by Gasteiger charge is 2.22. The van der Waals surface area contributed by atoms with Gasteiger partial charge in [-0.15, -0.1) is 0 Å². The van der Waals surface area contributed by atoms with Gasteiger partial charge in [-0.05, 0) is 30.0 Å². The van der Waals surface area contributed by atoms with E-state index in [1.807, 2.05) is 0 Å². The fourth-order valence-corrected chi connectivity index (χ4v) is 11.3. The third-order valence-corrected chi connectivity index (χ3v) is 11.9. The minimum Gasteiger partial charge on any atom is -0.371 e. The van der Waals surface area contributed by atoms with Crippen molar-refractivity contribution in [2.45, 2.75) is 32.4 Å². The van der Waals surface area contributed by atoms with Crippen molar-refractivity contribution in [2.24, 2.45) is 0 Å². The van der Waals surface area contributed by atoms with Gasteiger partial charge in [-0.1, -0.05) is 30.0 Å². The number of allylic oxidation sites excluding steroid dienone is 2. The van der Waals surface area contributed by atoms with Crippen LogP contribution in [0.2, 0.25) is 6.55 Å². The molecule has 1 aliphatic carbocycles. The summed E-state index contributed by atoms with van der Waals surface area (Å²) in [5.74, 6) is 0. The van der Waals surface area contributed by atoms with Crippen molar-refractivity contribution < 1.29 is 4.74 Å². The van der Waals surface area contributed by atoms with E-state index in [1.54, 1.807) is 5.20 Å². The van der Waals surface area contributed by atoms with E-state index in [4.69, 9.17) is 4.74 Å². The number of hydrogen-bond acceptors (Lipinski definition) is 1. The smallest absolute Gasteiger partial charge is 0.0871 e. The van der Waals surface area contributed by atoms with Crippen molar-refractivity contribution in [3.05, 3.63) is 23.4 Å². The third-order valence-electron chi connectivity index (χ3n) is 2.54. The molecule has 0 radical (unpaired) electrons. The molecule has 0 aromatic rings. The zero-order valence-corrected chi connectivity index (χ0v) is 14.4. The minimum atomic E-state index is -0.185. The maximum atomic E-state index is 5.73. The maximum Gasteiger partial charge on any atom is 0.0871 e. The summed E-state index contributed by atoms with van der Waals surface area (Å²) in [6, 6.07) is 0. The van der Waals surface area contributed by atoms with Gasteiger partial charge in [0.05, 0.1) is 5.60 Å². The lowest BCUT2D eigenvalue weighted by atomic mass is 9.97. The summed E-state index contributed by atoms with van der Waals surface area (Å²) in [6.07, 6.45) is 8.13. The Kier molecular flexibility index (Phi) is 4.56. The molecular weight excluding hydrogens is 220 g/mol. The van der Waals surface area contributed by atoms with E-state index in [1.165, 1.54) is 9.76 Å². The first-order valence-electron chi connectivity index (χ1n) is 5.58. The zero-order valence-electron chi connectivity index (χ0n) is 9.84. The predicted molar refractivity (Wildman–Crippen MR) is 73.4 cm³/mol. The van der Waals surface area contributed by atoms with Crippen LogP contribution in [0.1, 0.15) is 20.3 Å². The Morgan fingerprint density at radius 3 is 2.86 bits per heavy atom. The molecule has 14 heavy (non-hydrogen) atoms. The van der Waals surface area contributed by atoms with Crippen LogP contribution in [0.3, 0.4) is 0 Å². The molecule has 4 heteroatoms. The Morgan fingerprint density at radius 2 is 2.43 bits per heavy atom. The van der Waals surface area contributed by atoms with Crippen LogP contribution in [-0.2, 0) is 4.74 Å². The Hall–Kier alpha value is 0.0906. The second-order valence-electron chi connectivity index (χ2n) is 4.66. The van der Waals surface area contributed by atoms with Gasteiger partial charge in [0, 0.05) is 23.5 Å². The summed E-state index contributed by atoms with van der Waals surface area (Å²) in [6.45, 7) is 7.58. The summed E-state index contributed by atoms with van der Waals surface area (Å²) in [5.41, 5.74) is -0.0113. The normalized spacial score (nSPS) is 29.8. The third kappa shape index (κ3) is 3.68. The van der Waals surface area contributed by atoms with Crippen LogP contribution >= 0.6 is 0 Å². The van der Waals surface area contributed by atoms with E-state index in [0.717, 1.165) is 13.0 Å². The molecule has 0 fully saturated rings. The van der Waals surface area contributed by atoms with Gasteiger partial charge in [0.15, 0.2) is 0 Å². The van der Waals surface area contributed by atoms with Gasteiger partial charge in [-0.25, -0.2) is 0 Å². The second kappa shape index (κ2) is 5.25. The molecule has 0 heterocycles. The lowest BCUT2D eigenvalue weighted by molar-refractivity contribution is 0.0152. The van der Waals surface area contributed by atoms with Gasteiger partial charge in [-0.3, -0.25) is 0 Å². The van der Waals surface area contributed by atoms with Crippen molar-refractivity contribution >= 4 is 26.6 Å². The van der Waals surface area contributed by atoms with E-state index in [9.17, 15) is 0 Å². The summed E-state index contributed by atoms with van der Waals surface area (Å²) in [4.78, 5) is 0. The largest absolute Gasteiger partial charge is 0.371 e. The SMILES string of the molecule is CCOC1(C)C=CC([SiH2][SiH](C)[SiH3])=CC1. The van der Waals surface area contributed by atoms with E-state index >= 15 is 0 Å². The monoisotopic (exact) mass is 242 g/mol. The molecule has 80 valence electrons. The highest BCUT2D eigenvalue weighted by molar-refractivity contribution is 7.36. The van der Waals surface area contributed by atoms with Crippen molar-refractivity contribution in [2.75, 3.05) is 6.61 Å².